The number of nitrogens with zero attached hydrogens (tertiary/aromatic N) is 3. The number of hydrogen-bond donors (Lipinski definition) is 1. The topological polar surface area (TPSA) is 76.3 Å². The van der Waals surface area contributed by atoms with Gasteiger partial charge in [-0.15, -0.1) is 0 Å². The van der Waals surface area contributed by atoms with Gasteiger partial charge < -0.3 is 10.2 Å². The van der Waals surface area contributed by atoms with E-state index in [1.54, 1.807) is 15.5 Å². The van der Waals surface area contributed by atoms with E-state index in [1.807, 2.05) is 56.3 Å². The quantitative estimate of drug-likeness (QED) is 0.742. The molecule has 0 aliphatic carbocycles. The fourth-order valence-electron chi connectivity index (χ4n) is 4.04. The Labute approximate surface area is 168 Å². The highest BCUT2D eigenvalue weighted by Crippen LogP contribution is 2.31. The van der Waals surface area contributed by atoms with Crippen molar-refractivity contribution in [2.75, 3.05) is 10.2 Å². The molecular weight excluding hydrogens is 368 g/mol. The number of imidazole rings is 1. The van der Waals surface area contributed by atoms with Gasteiger partial charge in [0.1, 0.15) is 6.54 Å². The molecule has 4 rings (SSSR count). The fraction of sp³-hybridized carbons (Fsp3) is 0.318. The summed E-state index contributed by atoms with van der Waals surface area (Å²) in [5.74, 6) is -0.347. The molecule has 0 bridgehead atoms. The number of amides is 2. The molecular formula is C22H24N4O3. The van der Waals surface area contributed by atoms with E-state index >= 15 is 0 Å². The van der Waals surface area contributed by atoms with Gasteiger partial charge in [-0.2, -0.15) is 0 Å². The third kappa shape index (κ3) is 3.33. The van der Waals surface area contributed by atoms with Crippen LogP contribution in [-0.2, 0) is 22.7 Å². The lowest BCUT2D eigenvalue weighted by Gasteiger charge is -2.28. The molecule has 0 unspecified atom stereocenters. The van der Waals surface area contributed by atoms with Gasteiger partial charge in [0.05, 0.1) is 22.4 Å². The maximum absolute atomic E-state index is 13.4. The van der Waals surface area contributed by atoms with Crippen LogP contribution in [0.2, 0.25) is 0 Å². The first-order valence-corrected chi connectivity index (χ1v) is 9.90. The predicted octanol–water partition coefficient (Wildman–Crippen LogP) is 2.98. The summed E-state index contributed by atoms with van der Waals surface area (Å²) >= 11 is 0. The molecule has 1 atom stereocenters. The summed E-state index contributed by atoms with van der Waals surface area (Å²) < 4.78 is 3.25. The minimum Gasteiger partial charge on any atom is -0.324 e. The summed E-state index contributed by atoms with van der Waals surface area (Å²) in [5.41, 5.74) is 2.64. The Kier molecular flexibility index (Phi) is 4.96. The molecule has 2 heterocycles. The number of carbonyl (C=O) groups is 2. The van der Waals surface area contributed by atoms with E-state index in [9.17, 15) is 14.4 Å². The van der Waals surface area contributed by atoms with Crippen LogP contribution in [0.25, 0.3) is 11.0 Å². The summed E-state index contributed by atoms with van der Waals surface area (Å²) in [5, 5.41) is 2.86. The average molecular weight is 392 g/mol. The van der Waals surface area contributed by atoms with Crippen LogP contribution >= 0.6 is 0 Å². The minimum atomic E-state index is -0.314. The normalized spacial score (nSPS) is 16.4. The Morgan fingerprint density at radius 3 is 2.41 bits per heavy atom. The van der Waals surface area contributed by atoms with Crippen LogP contribution in [0.15, 0.2) is 53.3 Å². The molecule has 1 aromatic heterocycles. The zero-order valence-electron chi connectivity index (χ0n) is 16.6. The number of fused-ring (bicyclic) bond motifs is 2. The van der Waals surface area contributed by atoms with Gasteiger partial charge in [-0.3, -0.25) is 18.7 Å². The van der Waals surface area contributed by atoms with Gasteiger partial charge in [0.25, 0.3) is 0 Å². The van der Waals surface area contributed by atoms with Crippen LogP contribution in [0.1, 0.15) is 26.7 Å². The predicted molar refractivity (Wildman–Crippen MR) is 113 cm³/mol. The molecule has 1 aliphatic rings. The molecule has 1 N–H and O–H groups in total. The van der Waals surface area contributed by atoms with Crippen molar-refractivity contribution < 1.29 is 9.59 Å². The van der Waals surface area contributed by atoms with Gasteiger partial charge in [0.2, 0.25) is 11.8 Å². The van der Waals surface area contributed by atoms with Gasteiger partial charge >= 0.3 is 5.69 Å². The molecule has 29 heavy (non-hydrogen) atoms. The molecule has 3 aromatic rings. The zero-order valence-corrected chi connectivity index (χ0v) is 16.6. The third-order valence-corrected chi connectivity index (χ3v) is 5.29. The Morgan fingerprint density at radius 2 is 1.69 bits per heavy atom. The molecule has 0 saturated heterocycles. The van der Waals surface area contributed by atoms with Crippen molar-refractivity contribution >= 4 is 34.2 Å². The van der Waals surface area contributed by atoms with Crippen LogP contribution in [0.3, 0.4) is 0 Å². The number of rotatable bonds is 4. The second kappa shape index (κ2) is 7.58. The molecule has 0 saturated carbocycles. The molecule has 2 aromatic carbocycles. The first kappa shape index (κ1) is 19.0. The van der Waals surface area contributed by atoms with Crippen LogP contribution < -0.4 is 15.9 Å². The number of para-hydroxylation sites is 4. The van der Waals surface area contributed by atoms with Gasteiger partial charge in [-0.05, 0) is 37.6 Å². The van der Waals surface area contributed by atoms with Crippen LogP contribution in [0, 0.1) is 0 Å². The second-order valence-corrected chi connectivity index (χ2v) is 7.39. The van der Waals surface area contributed by atoms with E-state index in [-0.39, 0.29) is 36.5 Å². The molecule has 150 valence electrons. The Hall–Kier alpha value is -3.35. The summed E-state index contributed by atoms with van der Waals surface area (Å²) in [6, 6.07) is 14.5. The van der Waals surface area contributed by atoms with Crippen molar-refractivity contribution in [1.82, 2.24) is 9.13 Å². The number of hydrogen-bond acceptors (Lipinski definition) is 3. The van der Waals surface area contributed by atoms with Gasteiger partial charge in [0, 0.05) is 19.0 Å². The monoisotopic (exact) mass is 392 g/mol. The van der Waals surface area contributed by atoms with Crippen LogP contribution in [-0.4, -0.2) is 27.0 Å². The first-order valence-electron chi connectivity index (χ1n) is 9.90. The Morgan fingerprint density at radius 1 is 1.03 bits per heavy atom. The highest BCUT2D eigenvalue weighted by atomic mass is 16.2. The van der Waals surface area contributed by atoms with E-state index < -0.39 is 0 Å². The largest absolute Gasteiger partial charge is 0.329 e. The molecule has 0 fully saturated rings. The van der Waals surface area contributed by atoms with Crippen molar-refractivity contribution in [2.24, 2.45) is 0 Å². The van der Waals surface area contributed by atoms with Gasteiger partial charge in [-0.1, -0.05) is 31.2 Å². The number of carbonyl (C=O) groups excluding carboxylic acids is 2. The molecule has 7 heteroatoms. The van der Waals surface area contributed by atoms with E-state index in [4.69, 9.17) is 0 Å². The second-order valence-electron chi connectivity index (χ2n) is 7.39. The maximum atomic E-state index is 13.4. The highest BCUT2D eigenvalue weighted by Gasteiger charge is 2.30. The average Bonchev–Trinajstić information content (AvgIpc) is 2.87. The van der Waals surface area contributed by atoms with Crippen molar-refractivity contribution in [3.05, 3.63) is 59.0 Å². The zero-order chi connectivity index (χ0) is 20.5. The van der Waals surface area contributed by atoms with Crippen molar-refractivity contribution in [3.63, 3.8) is 0 Å². The Balaban J connectivity index is 1.76. The van der Waals surface area contributed by atoms with E-state index in [2.05, 4.69) is 5.32 Å². The molecule has 1 aliphatic heterocycles. The smallest absolute Gasteiger partial charge is 0.324 e. The van der Waals surface area contributed by atoms with Crippen LogP contribution in [0.4, 0.5) is 11.4 Å². The van der Waals surface area contributed by atoms with E-state index in [0.717, 1.165) is 17.5 Å². The lowest BCUT2D eigenvalue weighted by molar-refractivity contribution is -0.119. The standard InChI is InChI=1S/C22H24N4O3/c1-3-12-24-18-10-6-7-11-19(18)25(22(24)29)14-21(28)26-15(2)13-20(27)23-16-8-4-5-9-17(16)26/h4-11,15H,3,12-14H2,1-2H3,(H,23,27)/t15-/m0/s1. The SMILES string of the molecule is CCCn1c(=O)n(CC(=O)N2c3ccccc3NC(=O)C[C@@H]2C)c2ccccc21. The summed E-state index contributed by atoms with van der Waals surface area (Å²) in [7, 11) is 0. The molecule has 0 spiro atoms. The van der Waals surface area contributed by atoms with Crippen LogP contribution in [0.5, 0.6) is 0 Å². The third-order valence-electron chi connectivity index (χ3n) is 5.29. The lowest BCUT2D eigenvalue weighted by Crippen LogP contribution is -2.42. The summed E-state index contributed by atoms with van der Waals surface area (Å²) in [6.07, 6.45) is 1.03. The molecule has 7 nitrogen and oxygen atoms in total. The van der Waals surface area contributed by atoms with E-state index in [1.165, 1.54) is 4.57 Å². The number of nitrogens with one attached hydrogen (secondary N) is 1. The number of aryl methyl sites for hydroxylation is 1. The van der Waals surface area contributed by atoms with E-state index in [0.29, 0.717) is 17.9 Å². The fourth-order valence-corrected chi connectivity index (χ4v) is 4.04. The van der Waals surface area contributed by atoms with Gasteiger partial charge in [0.15, 0.2) is 0 Å². The van der Waals surface area contributed by atoms with Gasteiger partial charge in [-0.25, -0.2) is 4.79 Å². The van der Waals surface area contributed by atoms with Crippen molar-refractivity contribution in [2.45, 2.75) is 45.8 Å². The minimum absolute atomic E-state index is 0.0804. The summed E-state index contributed by atoms with van der Waals surface area (Å²) in [6.45, 7) is 4.39. The lowest BCUT2D eigenvalue weighted by atomic mass is 10.1. The molecule has 2 amide bonds. The maximum Gasteiger partial charge on any atom is 0.329 e. The Bertz CT molecular complexity index is 1140. The van der Waals surface area contributed by atoms with Crippen molar-refractivity contribution in [3.8, 4) is 0 Å². The number of anilines is 2. The molecule has 0 radical (unpaired) electrons. The number of aromatic nitrogens is 2. The first-order chi connectivity index (χ1) is 14.0. The summed E-state index contributed by atoms with van der Waals surface area (Å²) in [4.78, 5) is 40.2. The number of benzene rings is 2. The van der Waals surface area contributed by atoms with Crippen molar-refractivity contribution in [1.29, 1.82) is 0 Å². The highest BCUT2D eigenvalue weighted by molar-refractivity contribution is 6.04.